The second-order valence-electron chi connectivity index (χ2n) is 10.7. The summed E-state index contributed by atoms with van der Waals surface area (Å²) in [6, 6.07) is 23.5. The van der Waals surface area contributed by atoms with Crippen LogP contribution < -0.4 is 15.5 Å². The molecule has 228 valence electrons. The van der Waals surface area contributed by atoms with Crippen LogP contribution in [0, 0.1) is 5.92 Å². The van der Waals surface area contributed by atoms with E-state index >= 15 is 0 Å². The van der Waals surface area contributed by atoms with E-state index in [9.17, 15) is 19.2 Å². The molecular weight excluding hydrogens is 546 g/mol. The highest BCUT2D eigenvalue weighted by molar-refractivity contribution is 6.02. The fourth-order valence-corrected chi connectivity index (χ4v) is 4.82. The minimum absolute atomic E-state index is 0.0213. The zero-order valence-electron chi connectivity index (χ0n) is 25.4. The molecule has 0 bridgehead atoms. The molecular formula is C34H41N3O6. The molecule has 0 spiro atoms. The van der Waals surface area contributed by atoms with Gasteiger partial charge in [-0.2, -0.15) is 0 Å². The first kappa shape index (κ1) is 33.0. The molecule has 0 aromatic heterocycles. The van der Waals surface area contributed by atoms with E-state index in [2.05, 4.69) is 10.6 Å². The number of esters is 2. The molecule has 43 heavy (non-hydrogen) atoms. The van der Waals surface area contributed by atoms with E-state index in [0.29, 0.717) is 17.8 Å². The molecule has 0 radical (unpaired) electrons. The van der Waals surface area contributed by atoms with E-state index in [1.54, 1.807) is 31.2 Å². The van der Waals surface area contributed by atoms with Gasteiger partial charge < -0.3 is 14.8 Å². The van der Waals surface area contributed by atoms with E-state index in [1.165, 1.54) is 19.1 Å². The van der Waals surface area contributed by atoms with Crippen molar-refractivity contribution in [1.82, 2.24) is 5.32 Å². The first-order chi connectivity index (χ1) is 20.6. The normalized spacial score (nSPS) is 13.0. The smallest absolute Gasteiger partial charge is 0.328 e. The molecule has 0 unspecified atom stereocenters. The van der Waals surface area contributed by atoms with Gasteiger partial charge in [-0.1, -0.05) is 74.5 Å². The van der Waals surface area contributed by atoms with Crippen LogP contribution in [0.3, 0.4) is 0 Å². The molecule has 9 nitrogen and oxygen atoms in total. The van der Waals surface area contributed by atoms with Crippen LogP contribution in [-0.4, -0.2) is 56.1 Å². The summed E-state index contributed by atoms with van der Waals surface area (Å²) in [6.45, 7) is 5.53. The molecule has 2 amide bonds. The predicted molar refractivity (Wildman–Crippen MR) is 167 cm³/mol. The molecule has 2 N–H and O–H groups in total. The van der Waals surface area contributed by atoms with E-state index in [1.807, 2.05) is 74.5 Å². The Hall–Kier alpha value is -4.50. The number of methoxy groups -OCH3 is 2. The number of hydrogen-bond donors (Lipinski definition) is 2. The van der Waals surface area contributed by atoms with Crippen LogP contribution in [0.5, 0.6) is 0 Å². The van der Waals surface area contributed by atoms with Gasteiger partial charge in [0.15, 0.2) is 0 Å². The van der Waals surface area contributed by atoms with Gasteiger partial charge in [0.1, 0.15) is 12.1 Å². The van der Waals surface area contributed by atoms with Crippen molar-refractivity contribution in [2.75, 3.05) is 24.4 Å². The number of ether oxygens (including phenoxy) is 2. The average molecular weight is 588 g/mol. The molecule has 3 aromatic carbocycles. The zero-order chi connectivity index (χ0) is 31.4. The van der Waals surface area contributed by atoms with Crippen LogP contribution in [0.4, 0.5) is 11.4 Å². The minimum atomic E-state index is -0.940. The molecule has 3 atom stereocenters. The second kappa shape index (κ2) is 16.2. The summed E-state index contributed by atoms with van der Waals surface area (Å²) in [5, 5.41) is 5.96. The fourth-order valence-electron chi connectivity index (χ4n) is 4.82. The number of anilines is 2. The summed E-state index contributed by atoms with van der Waals surface area (Å²) < 4.78 is 10.0. The number of hydrogen-bond acceptors (Lipinski definition) is 7. The Morgan fingerprint density at radius 3 is 1.84 bits per heavy atom. The lowest BCUT2D eigenvalue weighted by molar-refractivity contribution is -0.145. The molecule has 0 aliphatic heterocycles. The summed E-state index contributed by atoms with van der Waals surface area (Å²) in [4.78, 5) is 53.8. The van der Waals surface area contributed by atoms with Crippen molar-refractivity contribution < 1.29 is 28.7 Å². The Balaban J connectivity index is 1.87. The highest BCUT2D eigenvalue weighted by Gasteiger charge is 2.35. The fraction of sp³-hybridized carbons (Fsp3) is 0.353. The Kier molecular flexibility index (Phi) is 12.5. The number of nitrogens with one attached hydrogen (secondary N) is 2. The Bertz CT molecular complexity index is 1350. The third kappa shape index (κ3) is 9.51. The van der Waals surface area contributed by atoms with Crippen LogP contribution in [0.15, 0.2) is 84.9 Å². The van der Waals surface area contributed by atoms with Gasteiger partial charge in [-0.05, 0) is 61.1 Å². The highest BCUT2D eigenvalue weighted by atomic mass is 16.5. The van der Waals surface area contributed by atoms with Crippen molar-refractivity contribution in [1.29, 1.82) is 0 Å². The summed E-state index contributed by atoms with van der Waals surface area (Å²) in [5.41, 5.74) is 3.13. The van der Waals surface area contributed by atoms with Gasteiger partial charge in [0, 0.05) is 17.8 Å². The van der Waals surface area contributed by atoms with Crippen molar-refractivity contribution in [3.63, 3.8) is 0 Å². The molecule has 9 heteroatoms. The van der Waals surface area contributed by atoms with Crippen LogP contribution in [0.2, 0.25) is 0 Å². The van der Waals surface area contributed by atoms with Gasteiger partial charge in [0.05, 0.1) is 20.3 Å². The summed E-state index contributed by atoms with van der Waals surface area (Å²) >= 11 is 0. The Morgan fingerprint density at radius 2 is 1.28 bits per heavy atom. The lowest BCUT2D eigenvalue weighted by Gasteiger charge is -2.33. The molecule has 0 saturated heterocycles. The molecule has 0 fully saturated rings. The van der Waals surface area contributed by atoms with Crippen molar-refractivity contribution >= 4 is 35.1 Å². The Labute approximate surface area is 253 Å². The van der Waals surface area contributed by atoms with E-state index in [0.717, 1.165) is 11.1 Å². The van der Waals surface area contributed by atoms with E-state index < -0.39 is 36.0 Å². The van der Waals surface area contributed by atoms with Gasteiger partial charge in [-0.25, -0.2) is 4.79 Å². The number of amides is 2. The zero-order valence-corrected chi connectivity index (χ0v) is 25.4. The third-order valence-electron chi connectivity index (χ3n) is 7.03. The van der Waals surface area contributed by atoms with Crippen LogP contribution >= 0.6 is 0 Å². The van der Waals surface area contributed by atoms with Gasteiger partial charge in [-0.15, -0.1) is 0 Å². The van der Waals surface area contributed by atoms with Crippen LogP contribution in [-0.2, 0) is 28.7 Å². The molecule has 0 heterocycles. The van der Waals surface area contributed by atoms with Crippen molar-refractivity contribution in [2.45, 2.75) is 58.2 Å². The lowest BCUT2D eigenvalue weighted by Crippen LogP contribution is -2.56. The maximum Gasteiger partial charge on any atom is 0.328 e. The minimum Gasteiger partial charge on any atom is -0.468 e. The van der Waals surface area contributed by atoms with Crippen LogP contribution in [0.25, 0.3) is 11.1 Å². The van der Waals surface area contributed by atoms with Gasteiger partial charge >= 0.3 is 11.9 Å². The first-order valence-corrected chi connectivity index (χ1v) is 14.4. The number of nitrogens with zero attached hydrogens (tertiary/aromatic N) is 1. The van der Waals surface area contributed by atoms with Crippen molar-refractivity contribution in [2.24, 2.45) is 5.92 Å². The maximum absolute atomic E-state index is 14.2. The van der Waals surface area contributed by atoms with Crippen molar-refractivity contribution in [3.05, 3.63) is 84.9 Å². The number of rotatable bonds is 14. The topological polar surface area (TPSA) is 114 Å². The van der Waals surface area contributed by atoms with E-state index in [-0.39, 0.29) is 24.7 Å². The molecule has 0 saturated carbocycles. The maximum atomic E-state index is 14.2. The summed E-state index contributed by atoms with van der Waals surface area (Å²) in [6.07, 6.45) is 0.494. The average Bonchev–Trinajstić information content (AvgIpc) is 3.02. The summed E-state index contributed by atoms with van der Waals surface area (Å²) in [5.74, 6) is -1.77. The molecule has 0 aliphatic carbocycles. The standard InChI is InChI=1S/C34H41N3O6/c1-23(2)22-30(36-29(34(41)43-5)20-21-31(38)35-27-14-10-7-11-15-27)32(39)37(24(3)33(40)42-4)28-18-16-26(17-19-28)25-12-8-6-9-13-25/h6-19,23-24,29-30,36H,20-22H2,1-5H3,(H,35,38)/t24-,29-,30-/m0/s1. The number of carbonyl (C=O) groups excluding carboxylic acids is 4. The third-order valence-corrected chi connectivity index (χ3v) is 7.03. The van der Waals surface area contributed by atoms with Crippen molar-refractivity contribution in [3.8, 4) is 11.1 Å². The summed E-state index contributed by atoms with van der Waals surface area (Å²) in [7, 11) is 2.54. The first-order valence-electron chi connectivity index (χ1n) is 14.4. The second-order valence-corrected chi connectivity index (χ2v) is 10.7. The largest absolute Gasteiger partial charge is 0.468 e. The number of carbonyl (C=O) groups is 4. The lowest BCUT2D eigenvalue weighted by atomic mass is 9.99. The van der Waals surface area contributed by atoms with Gasteiger partial charge in [-0.3, -0.25) is 24.6 Å². The molecule has 3 aromatic rings. The molecule has 3 rings (SSSR count). The SMILES string of the molecule is COC(=O)[C@H](CCC(=O)Nc1ccccc1)N[C@@H](CC(C)C)C(=O)N(c1ccc(-c2ccccc2)cc1)[C@@H](C)C(=O)OC. The van der Waals surface area contributed by atoms with Gasteiger partial charge in [0.2, 0.25) is 11.8 Å². The predicted octanol–water partition coefficient (Wildman–Crippen LogP) is 5.21. The number of para-hydroxylation sites is 1. The Morgan fingerprint density at radius 1 is 0.721 bits per heavy atom. The number of benzene rings is 3. The quantitative estimate of drug-likeness (QED) is 0.249. The van der Waals surface area contributed by atoms with E-state index in [4.69, 9.17) is 9.47 Å². The van der Waals surface area contributed by atoms with Crippen LogP contribution in [0.1, 0.15) is 40.0 Å². The highest BCUT2D eigenvalue weighted by Crippen LogP contribution is 2.26. The monoisotopic (exact) mass is 587 g/mol. The molecule has 0 aliphatic rings. The van der Waals surface area contributed by atoms with Gasteiger partial charge in [0.25, 0.3) is 0 Å².